The van der Waals surface area contributed by atoms with E-state index in [9.17, 15) is 0 Å². The van der Waals surface area contributed by atoms with E-state index in [4.69, 9.17) is 11.5 Å². The van der Waals surface area contributed by atoms with Crippen LogP contribution in [-0.2, 0) is 0 Å². The summed E-state index contributed by atoms with van der Waals surface area (Å²) >= 11 is 0. The lowest BCUT2D eigenvalue weighted by molar-refractivity contribution is 0.307. The summed E-state index contributed by atoms with van der Waals surface area (Å²) in [7, 11) is 0. The van der Waals surface area contributed by atoms with E-state index < -0.39 is 0 Å². The van der Waals surface area contributed by atoms with Crippen molar-refractivity contribution in [2.45, 2.75) is 31.5 Å². The Kier molecular flexibility index (Phi) is 4.53. The lowest BCUT2D eigenvalue weighted by atomic mass is 10.1. The first-order valence-corrected chi connectivity index (χ1v) is 4.77. The molecule has 1 aliphatic heterocycles. The smallest absolute Gasteiger partial charge is 0.0705 e. The summed E-state index contributed by atoms with van der Waals surface area (Å²) in [5.41, 5.74) is 11.3. The second-order valence-corrected chi connectivity index (χ2v) is 3.32. The molecular weight excluding hydrogens is 152 g/mol. The first-order valence-electron chi connectivity index (χ1n) is 4.77. The molecule has 0 amide bonds. The summed E-state index contributed by atoms with van der Waals surface area (Å²) in [5.74, 6) is 0. The first kappa shape index (κ1) is 9.92. The van der Waals surface area contributed by atoms with Crippen LogP contribution in [0.4, 0.5) is 0 Å². The predicted octanol–water partition coefficient (Wildman–Crippen LogP) is -1.04. The maximum Gasteiger partial charge on any atom is 0.0705 e. The van der Waals surface area contributed by atoms with Gasteiger partial charge in [0.2, 0.25) is 0 Å². The Hall–Kier alpha value is -0.160. The zero-order chi connectivity index (χ0) is 8.81. The Labute approximate surface area is 74.1 Å². The van der Waals surface area contributed by atoms with Crippen molar-refractivity contribution in [2.24, 2.45) is 11.5 Å². The summed E-state index contributed by atoms with van der Waals surface area (Å²) < 4.78 is 0. The van der Waals surface area contributed by atoms with Crippen molar-refractivity contribution in [1.29, 1.82) is 0 Å². The third-order valence-corrected chi connectivity index (χ3v) is 2.31. The van der Waals surface area contributed by atoms with Crippen LogP contribution in [0.5, 0.6) is 0 Å². The number of rotatable bonds is 4. The summed E-state index contributed by atoms with van der Waals surface area (Å²) in [6, 6.07) is 0.435. The topological polar surface area (TPSA) is 76.1 Å². The molecule has 0 saturated carbocycles. The van der Waals surface area contributed by atoms with E-state index >= 15 is 0 Å². The molecule has 12 heavy (non-hydrogen) atoms. The molecule has 1 saturated heterocycles. The molecule has 0 spiro atoms. The first-order chi connectivity index (χ1) is 5.84. The summed E-state index contributed by atoms with van der Waals surface area (Å²) in [5, 5.41) is 6.64. The lowest BCUT2D eigenvalue weighted by Gasteiger charge is -2.30. The highest BCUT2D eigenvalue weighted by Crippen LogP contribution is 2.03. The predicted molar refractivity (Wildman–Crippen MR) is 50.7 cm³/mol. The summed E-state index contributed by atoms with van der Waals surface area (Å²) in [4.78, 5) is 0. The van der Waals surface area contributed by atoms with Gasteiger partial charge in [-0.1, -0.05) is 6.42 Å². The molecule has 6 N–H and O–H groups in total. The van der Waals surface area contributed by atoms with Crippen LogP contribution in [0.3, 0.4) is 0 Å². The highest BCUT2D eigenvalue weighted by Gasteiger charge is 2.19. The Morgan fingerprint density at radius 3 is 2.58 bits per heavy atom. The molecule has 1 rings (SSSR count). The quantitative estimate of drug-likeness (QED) is 0.409. The van der Waals surface area contributed by atoms with Gasteiger partial charge in [-0.05, 0) is 19.4 Å². The number of hydrogen-bond acceptors (Lipinski definition) is 4. The van der Waals surface area contributed by atoms with Crippen molar-refractivity contribution in [2.75, 3.05) is 19.6 Å². The van der Waals surface area contributed by atoms with Gasteiger partial charge < -0.3 is 16.8 Å². The number of piperazine rings is 1. The van der Waals surface area contributed by atoms with Crippen LogP contribution < -0.4 is 22.1 Å². The third kappa shape index (κ3) is 3.06. The van der Waals surface area contributed by atoms with Gasteiger partial charge in [0, 0.05) is 19.1 Å². The van der Waals surface area contributed by atoms with E-state index in [1.54, 1.807) is 0 Å². The van der Waals surface area contributed by atoms with Gasteiger partial charge in [0.15, 0.2) is 0 Å². The second-order valence-electron chi connectivity index (χ2n) is 3.32. The zero-order valence-corrected chi connectivity index (χ0v) is 7.55. The molecule has 0 aliphatic carbocycles. The third-order valence-electron chi connectivity index (χ3n) is 2.31. The Morgan fingerprint density at radius 1 is 1.17 bits per heavy atom. The van der Waals surface area contributed by atoms with Crippen LogP contribution in [0.2, 0.25) is 0 Å². The Morgan fingerprint density at radius 2 is 1.92 bits per heavy atom. The SMILES string of the molecule is NCCCCC1NCCNC1N. The summed E-state index contributed by atoms with van der Waals surface area (Å²) in [6.45, 7) is 2.80. The van der Waals surface area contributed by atoms with Crippen molar-refractivity contribution in [3.05, 3.63) is 0 Å². The minimum absolute atomic E-state index is 0.122. The van der Waals surface area contributed by atoms with Crippen LogP contribution in [0, 0.1) is 0 Å². The molecule has 4 heteroatoms. The maximum atomic E-state index is 5.86. The average molecular weight is 172 g/mol. The van der Waals surface area contributed by atoms with Crippen molar-refractivity contribution in [1.82, 2.24) is 10.6 Å². The average Bonchev–Trinajstić information content (AvgIpc) is 2.09. The maximum absolute atomic E-state index is 5.86. The highest BCUT2D eigenvalue weighted by molar-refractivity contribution is 4.82. The van der Waals surface area contributed by atoms with Gasteiger partial charge in [0.05, 0.1) is 6.17 Å². The van der Waals surface area contributed by atoms with Crippen LogP contribution >= 0.6 is 0 Å². The molecule has 0 aromatic heterocycles. The lowest BCUT2D eigenvalue weighted by Crippen LogP contribution is -2.60. The van der Waals surface area contributed by atoms with E-state index in [1.165, 1.54) is 6.42 Å². The molecule has 1 aliphatic rings. The van der Waals surface area contributed by atoms with E-state index in [2.05, 4.69) is 10.6 Å². The van der Waals surface area contributed by atoms with E-state index in [0.29, 0.717) is 6.04 Å². The molecule has 2 atom stereocenters. The fourth-order valence-corrected chi connectivity index (χ4v) is 1.56. The molecule has 2 unspecified atom stereocenters. The van der Waals surface area contributed by atoms with Gasteiger partial charge in [0.25, 0.3) is 0 Å². The van der Waals surface area contributed by atoms with Crippen LogP contribution in [0.1, 0.15) is 19.3 Å². The molecule has 1 fully saturated rings. The van der Waals surface area contributed by atoms with Gasteiger partial charge >= 0.3 is 0 Å². The largest absolute Gasteiger partial charge is 0.330 e. The Balaban J connectivity index is 2.11. The van der Waals surface area contributed by atoms with Gasteiger partial charge in [0.1, 0.15) is 0 Å². The van der Waals surface area contributed by atoms with Crippen molar-refractivity contribution in [3.8, 4) is 0 Å². The standard InChI is InChI=1S/C8H20N4/c9-4-2-1-3-7-8(10)12-6-5-11-7/h7-8,11-12H,1-6,9-10H2. The zero-order valence-electron chi connectivity index (χ0n) is 7.55. The monoisotopic (exact) mass is 172 g/mol. The molecule has 0 bridgehead atoms. The summed E-state index contributed by atoms with van der Waals surface area (Å²) in [6.07, 6.45) is 3.52. The van der Waals surface area contributed by atoms with Gasteiger partial charge in [-0.25, -0.2) is 0 Å². The van der Waals surface area contributed by atoms with Crippen LogP contribution in [-0.4, -0.2) is 31.8 Å². The van der Waals surface area contributed by atoms with Crippen molar-refractivity contribution < 1.29 is 0 Å². The normalized spacial score (nSPS) is 30.5. The fraction of sp³-hybridized carbons (Fsp3) is 1.00. The van der Waals surface area contributed by atoms with E-state index in [0.717, 1.165) is 32.5 Å². The fourth-order valence-electron chi connectivity index (χ4n) is 1.56. The molecule has 72 valence electrons. The van der Waals surface area contributed by atoms with Crippen molar-refractivity contribution >= 4 is 0 Å². The van der Waals surface area contributed by atoms with Gasteiger partial charge in [-0.3, -0.25) is 5.32 Å². The second kappa shape index (κ2) is 5.48. The number of nitrogens with two attached hydrogens (primary N) is 2. The number of unbranched alkanes of at least 4 members (excludes halogenated alkanes) is 1. The van der Waals surface area contributed by atoms with Crippen LogP contribution in [0.15, 0.2) is 0 Å². The number of hydrogen-bond donors (Lipinski definition) is 4. The molecule has 4 nitrogen and oxygen atoms in total. The molecule has 0 aromatic rings. The van der Waals surface area contributed by atoms with Gasteiger partial charge in [-0.15, -0.1) is 0 Å². The molecule has 0 aromatic carbocycles. The minimum Gasteiger partial charge on any atom is -0.330 e. The van der Waals surface area contributed by atoms with Crippen molar-refractivity contribution in [3.63, 3.8) is 0 Å². The van der Waals surface area contributed by atoms with E-state index in [1.807, 2.05) is 0 Å². The molecule has 1 heterocycles. The molecule has 0 radical (unpaired) electrons. The molecular formula is C8H20N4. The van der Waals surface area contributed by atoms with Gasteiger partial charge in [-0.2, -0.15) is 0 Å². The number of nitrogens with one attached hydrogen (secondary N) is 2. The van der Waals surface area contributed by atoms with E-state index in [-0.39, 0.29) is 6.17 Å². The minimum atomic E-state index is 0.122. The van der Waals surface area contributed by atoms with Crippen LogP contribution in [0.25, 0.3) is 0 Å². The highest BCUT2D eigenvalue weighted by atomic mass is 15.2. The Bertz CT molecular complexity index is 118.